The molecule has 146 valence electrons. The predicted molar refractivity (Wildman–Crippen MR) is 101 cm³/mol. The van der Waals surface area contributed by atoms with E-state index in [2.05, 4.69) is 32.4 Å². The largest absolute Gasteiger partial charge is 0.508 e. The van der Waals surface area contributed by atoms with Gasteiger partial charge in [-0.15, -0.1) is 0 Å². The van der Waals surface area contributed by atoms with Crippen LogP contribution in [0.4, 0.5) is 4.79 Å². The minimum Gasteiger partial charge on any atom is -0.438 e. The Morgan fingerprint density at radius 2 is 1.88 bits per heavy atom. The molecule has 2 saturated carbocycles. The quantitative estimate of drug-likeness (QED) is 0.625. The summed E-state index contributed by atoms with van der Waals surface area (Å²) in [4.78, 5) is 25.0. The summed E-state index contributed by atoms with van der Waals surface area (Å²) in [6.07, 6.45) is 8.57. The highest BCUT2D eigenvalue weighted by molar-refractivity contribution is 5.96. The van der Waals surface area contributed by atoms with Crippen LogP contribution in [0.1, 0.15) is 72.6 Å². The van der Waals surface area contributed by atoms with Crippen LogP contribution >= 0.6 is 0 Å². The van der Waals surface area contributed by atoms with Crippen molar-refractivity contribution in [3.05, 3.63) is 11.6 Å². The molecule has 3 rings (SSSR count). The lowest BCUT2D eigenvalue weighted by Crippen LogP contribution is -2.59. The molecule has 4 heteroatoms. The molecule has 0 N–H and O–H groups in total. The average Bonchev–Trinajstić information content (AvgIpc) is 2.69. The van der Waals surface area contributed by atoms with Crippen LogP contribution in [-0.4, -0.2) is 25.7 Å². The Balaban J connectivity index is 2.02. The summed E-state index contributed by atoms with van der Waals surface area (Å²) < 4.78 is 10.1. The zero-order valence-electron chi connectivity index (χ0n) is 17.0. The maximum absolute atomic E-state index is 13.4. The van der Waals surface area contributed by atoms with E-state index in [1.54, 1.807) is 0 Å². The molecule has 2 fully saturated rings. The van der Waals surface area contributed by atoms with Crippen LogP contribution in [0, 0.1) is 28.1 Å². The zero-order chi connectivity index (χ0) is 19.2. The molecule has 26 heavy (non-hydrogen) atoms. The molecule has 3 aliphatic carbocycles. The highest BCUT2D eigenvalue weighted by atomic mass is 16.7. The highest BCUT2D eigenvalue weighted by Gasteiger charge is 2.62. The van der Waals surface area contributed by atoms with E-state index in [0.717, 1.165) is 37.7 Å². The Labute approximate surface area is 157 Å². The van der Waals surface area contributed by atoms with Gasteiger partial charge >= 0.3 is 6.16 Å². The van der Waals surface area contributed by atoms with Crippen molar-refractivity contribution in [1.82, 2.24) is 0 Å². The second kappa shape index (κ2) is 6.69. The van der Waals surface area contributed by atoms with Gasteiger partial charge < -0.3 is 9.47 Å². The number of allylic oxidation sites excluding steroid dienone is 2. The number of methoxy groups -OCH3 is 1. The van der Waals surface area contributed by atoms with Gasteiger partial charge in [0.15, 0.2) is 5.78 Å². The molecular formula is C22H34O4. The summed E-state index contributed by atoms with van der Waals surface area (Å²) in [6, 6.07) is 0. The highest BCUT2D eigenvalue weighted by Crippen LogP contribution is 2.66. The van der Waals surface area contributed by atoms with E-state index in [1.807, 2.05) is 6.08 Å². The molecule has 0 aromatic carbocycles. The van der Waals surface area contributed by atoms with Gasteiger partial charge in [-0.1, -0.05) is 32.8 Å². The van der Waals surface area contributed by atoms with Crippen LogP contribution in [0.25, 0.3) is 0 Å². The maximum atomic E-state index is 13.4. The molecule has 0 bridgehead atoms. The topological polar surface area (TPSA) is 52.6 Å². The fourth-order valence-electron chi connectivity index (χ4n) is 6.71. The molecule has 0 heterocycles. The van der Waals surface area contributed by atoms with E-state index in [4.69, 9.17) is 4.74 Å². The number of hydrogen-bond acceptors (Lipinski definition) is 4. The third-order valence-electron chi connectivity index (χ3n) is 7.93. The van der Waals surface area contributed by atoms with Crippen molar-refractivity contribution in [2.24, 2.45) is 28.1 Å². The molecule has 0 aromatic rings. The Morgan fingerprint density at radius 3 is 2.58 bits per heavy atom. The first-order valence-electron chi connectivity index (χ1n) is 10.1. The summed E-state index contributed by atoms with van der Waals surface area (Å²) in [5, 5.41) is 0. The monoisotopic (exact) mass is 362 g/mol. The second-order valence-corrected chi connectivity index (χ2v) is 9.78. The Hall–Kier alpha value is -1.32. The van der Waals surface area contributed by atoms with Crippen molar-refractivity contribution in [3.63, 3.8) is 0 Å². The molecule has 4 unspecified atom stereocenters. The number of rotatable bonds is 2. The smallest absolute Gasteiger partial charge is 0.438 e. The van der Waals surface area contributed by atoms with Gasteiger partial charge in [0.05, 0.1) is 12.5 Å². The van der Waals surface area contributed by atoms with Gasteiger partial charge in [0, 0.05) is 0 Å². The fourth-order valence-corrected chi connectivity index (χ4v) is 6.71. The number of ketones is 1. The first-order chi connectivity index (χ1) is 12.2. The van der Waals surface area contributed by atoms with E-state index in [1.165, 1.54) is 20.0 Å². The molecule has 3 aliphatic rings. The Kier molecular flexibility index (Phi) is 5.00. The number of fused-ring (bicyclic) bond motifs is 3. The van der Waals surface area contributed by atoms with Crippen molar-refractivity contribution in [2.45, 2.75) is 72.6 Å². The van der Waals surface area contributed by atoms with Crippen LogP contribution in [0.3, 0.4) is 0 Å². The van der Waals surface area contributed by atoms with E-state index >= 15 is 0 Å². The van der Waals surface area contributed by atoms with Gasteiger partial charge in [0.2, 0.25) is 0 Å². The van der Waals surface area contributed by atoms with E-state index in [0.29, 0.717) is 11.3 Å². The van der Waals surface area contributed by atoms with Crippen molar-refractivity contribution in [2.75, 3.05) is 13.7 Å². The lowest BCUT2D eigenvalue weighted by molar-refractivity contribution is -0.166. The molecule has 0 radical (unpaired) electrons. The van der Waals surface area contributed by atoms with Crippen LogP contribution < -0.4 is 0 Å². The summed E-state index contributed by atoms with van der Waals surface area (Å²) in [5.41, 5.74) is 0.982. The summed E-state index contributed by atoms with van der Waals surface area (Å²) in [6.45, 7) is 9.40. The van der Waals surface area contributed by atoms with Gasteiger partial charge in [-0.25, -0.2) is 4.79 Å². The van der Waals surface area contributed by atoms with E-state index < -0.39 is 11.6 Å². The minimum absolute atomic E-state index is 0.119. The van der Waals surface area contributed by atoms with E-state index in [-0.39, 0.29) is 23.7 Å². The first kappa shape index (κ1) is 19.4. The van der Waals surface area contributed by atoms with Gasteiger partial charge in [-0.2, -0.15) is 0 Å². The summed E-state index contributed by atoms with van der Waals surface area (Å²) >= 11 is 0. The molecule has 0 aromatic heterocycles. The third kappa shape index (κ3) is 2.99. The van der Waals surface area contributed by atoms with Crippen molar-refractivity contribution >= 4 is 11.9 Å². The van der Waals surface area contributed by atoms with Gasteiger partial charge in [0.1, 0.15) is 6.61 Å². The Bertz CT molecular complexity index is 620. The second-order valence-electron chi connectivity index (χ2n) is 9.78. The summed E-state index contributed by atoms with van der Waals surface area (Å²) in [7, 11) is 1.32. The van der Waals surface area contributed by atoms with Crippen molar-refractivity contribution < 1.29 is 19.1 Å². The Morgan fingerprint density at radius 1 is 1.15 bits per heavy atom. The molecule has 4 atom stereocenters. The maximum Gasteiger partial charge on any atom is 0.508 e. The van der Waals surface area contributed by atoms with Gasteiger partial charge in [0.25, 0.3) is 0 Å². The minimum atomic E-state index is -0.688. The zero-order valence-corrected chi connectivity index (χ0v) is 17.0. The SMILES string of the molecule is COC(=O)OCC12CCC3C(C)(C)CCCC3(C)C1CCC(C)=CC2=O. The molecular weight excluding hydrogens is 328 g/mol. The molecule has 0 aliphatic heterocycles. The molecule has 4 nitrogen and oxygen atoms in total. The predicted octanol–water partition coefficient (Wildman–Crippen LogP) is 5.31. The van der Waals surface area contributed by atoms with Crippen molar-refractivity contribution in [1.29, 1.82) is 0 Å². The standard InChI is InChI=1S/C22H34O4/c1-15-7-8-17-21(4)11-6-10-20(2,3)16(21)9-12-22(17,18(23)13-15)14-26-19(24)25-5/h13,16-17H,6-12,14H2,1-5H3. The number of carbonyl (C=O) groups is 2. The number of ether oxygens (including phenoxy) is 2. The fraction of sp³-hybridized carbons (Fsp3) is 0.818. The third-order valence-corrected chi connectivity index (χ3v) is 7.93. The van der Waals surface area contributed by atoms with Crippen LogP contribution in [0.2, 0.25) is 0 Å². The van der Waals surface area contributed by atoms with E-state index in [9.17, 15) is 9.59 Å². The van der Waals surface area contributed by atoms with Gasteiger partial charge in [-0.3, -0.25) is 4.79 Å². The normalized spacial score (nSPS) is 39.1. The molecule has 0 amide bonds. The molecule has 0 spiro atoms. The first-order valence-corrected chi connectivity index (χ1v) is 10.1. The van der Waals surface area contributed by atoms with Gasteiger partial charge in [-0.05, 0) is 74.2 Å². The average molecular weight is 363 g/mol. The van der Waals surface area contributed by atoms with Crippen LogP contribution in [0.5, 0.6) is 0 Å². The van der Waals surface area contributed by atoms with Crippen molar-refractivity contribution in [3.8, 4) is 0 Å². The number of hydrogen-bond donors (Lipinski definition) is 0. The van der Waals surface area contributed by atoms with Crippen LogP contribution in [-0.2, 0) is 14.3 Å². The molecule has 0 saturated heterocycles. The lowest BCUT2D eigenvalue weighted by atomic mass is 9.42. The number of carbonyl (C=O) groups excluding carboxylic acids is 2. The summed E-state index contributed by atoms with van der Waals surface area (Å²) in [5.74, 6) is 1.02. The lowest BCUT2D eigenvalue weighted by Gasteiger charge is -2.62. The van der Waals surface area contributed by atoms with Crippen LogP contribution in [0.15, 0.2) is 11.6 Å².